The summed E-state index contributed by atoms with van der Waals surface area (Å²) in [5.41, 5.74) is 14.9. The van der Waals surface area contributed by atoms with Crippen LogP contribution >= 0.6 is 0 Å². The molecule has 0 radical (unpaired) electrons. The first-order chi connectivity index (χ1) is 11.9. The summed E-state index contributed by atoms with van der Waals surface area (Å²) in [6.45, 7) is 4.63. The number of primary amides is 1. The lowest BCUT2D eigenvalue weighted by molar-refractivity contribution is 0.100. The lowest BCUT2D eigenvalue weighted by Crippen LogP contribution is -2.31. The van der Waals surface area contributed by atoms with Gasteiger partial charge in [-0.1, -0.05) is 6.07 Å². The number of hydrogen-bond acceptors (Lipinski definition) is 6. The maximum atomic E-state index is 11.7. The van der Waals surface area contributed by atoms with Crippen molar-refractivity contribution in [1.82, 2.24) is 9.97 Å². The van der Waals surface area contributed by atoms with Gasteiger partial charge in [0, 0.05) is 24.5 Å². The Kier molecular flexibility index (Phi) is 4.85. The molecule has 7 nitrogen and oxygen atoms in total. The molecule has 1 unspecified atom stereocenters. The standard InChI is InChI=1S/C18H24N6O/c1-10-5-11(2)7-13(6-10)23-17-14(16(20)25)8-21-18(24-17)22-9-15(19)12-3-4-12/h5-8,12,15H,3-4,9,19H2,1-2H3,(H2,20,25)(H2,21,22,23,24). The van der Waals surface area contributed by atoms with Crippen LogP contribution in [-0.2, 0) is 0 Å². The number of nitrogens with two attached hydrogens (primary N) is 2. The van der Waals surface area contributed by atoms with E-state index in [9.17, 15) is 4.79 Å². The molecule has 0 spiro atoms. The monoisotopic (exact) mass is 340 g/mol. The first-order valence-corrected chi connectivity index (χ1v) is 8.44. The van der Waals surface area contributed by atoms with Gasteiger partial charge in [0.25, 0.3) is 5.91 Å². The number of nitrogens with zero attached hydrogens (tertiary/aromatic N) is 2. The average molecular weight is 340 g/mol. The molecular formula is C18H24N6O. The molecule has 7 heteroatoms. The van der Waals surface area contributed by atoms with Crippen molar-refractivity contribution < 1.29 is 4.79 Å². The highest BCUT2D eigenvalue weighted by atomic mass is 16.1. The van der Waals surface area contributed by atoms with Gasteiger partial charge >= 0.3 is 0 Å². The van der Waals surface area contributed by atoms with Crippen LogP contribution in [0.5, 0.6) is 0 Å². The van der Waals surface area contributed by atoms with Gasteiger partial charge < -0.3 is 22.1 Å². The fourth-order valence-electron chi connectivity index (χ4n) is 2.83. The van der Waals surface area contributed by atoms with E-state index in [0.29, 0.717) is 24.2 Å². The van der Waals surface area contributed by atoms with Crippen molar-refractivity contribution in [1.29, 1.82) is 0 Å². The lowest BCUT2D eigenvalue weighted by atomic mass is 10.1. The number of amides is 1. The Balaban J connectivity index is 1.81. The molecule has 1 saturated carbocycles. The van der Waals surface area contributed by atoms with E-state index in [1.54, 1.807) is 0 Å². The first kappa shape index (κ1) is 17.2. The molecule has 1 aromatic heterocycles. The van der Waals surface area contributed by atoms with Gasteiger partial charge in [0.15, 0.2) is 0 Å². The van der Waals surface area contributed by atoms with Crippen LogP contribution in [-0.4, -0.2) is 28.5 Å². The van der Waals surface area contributed by atoms with Gasteiger partial charge in [-0.3, -0.25) is 4.79 Å². The summed E-state index contributed by atoms with van der Waals surface area (Å²) in [7, 11) is 0. The predicted octanol–water partition coefficient (Wildman–Crippen LogP) is 2.09. The summed E-state index contributed by atoms with van der Waals surface area (Å²) in [6.07, 6.45) is 3.80. The maximum absolute atomic E-state index is 11.7. The highest BCUT2D eigenvalue weighted by Crippen LogP contribution is 2.31. The van der Waals surface area contributed by atoms with Crippen LogP contribution in [0.3, 0.4) is 0 Å². The molecule has 0 aliphatic heterocycles. The fourth-order valence-corrected chi connectivity index (χ4v) is 2.83. The zero-order valence-corrected chi connectivity index (χ0v) is 14.5. The third kappa shape index (κ3) is 4.45. The molecule has 3 rings (SSSR count). The van der Waals surface area contributed by atoms with Crippen LogP contribution in [0.4, 0.5) is 17.5 Å². The van der Waals surface area contributed by atoms with Crippen molar-refractivity contribution in [2.24, 2.45) is 17.4 Å². The zero-order valence-electron chi connectivity index (χ0n) is 14.5. The molecule has 1 amide bonds. The number of rotatable bonds is 7. The van der Waals surface area contributed by atoms with E-state index in [0.717, 1.165) is 16.8 Å². The normalized spacial score (nSPS) is 14.8. The van der Waals surface area contributed by atoms with Gasteiger partial charge in [0.1, 0.15) is 11.4 Å². The molecule has 0 bridgehead atoms. The Morgan fingerprint density at radius 1 is 1.28 bits per heavy atom. The number of carbonyl (C=O) groups excluding carboxylic acids is 1. The third-order valence-electron chi connectivity index (χ3n) is 4.26. The van der Waals surface area contributed by atoms with E-state index in [1.165, 1.54) is 19.0 Å². The molecule has 1 atom stereocenters. The number of anilines is 3. The van der Waals surface area contributed by atoms with Gasteiger partial charge in [-0.25, -0.2) is 4.98 Å². The second kappa shape index (κ2) is 7.06. The zero-order chi connectivity index (χ0) is 18.0. The summed E-state index contributed by atoms with van der Waals surface area (Å²) >= 11 is 0. The second-order valence-corrected chi connectivity index (χ2v) is 6.70. The minimum absolute atomic E-state index is 0.0928. The van der Waals surface area contributed by atoms with Crippen molar-refractivity contribution in [3.8, 4) is 0 Å². The van der Waals surface area contributed by atoms with Crippen LogP contribution in [0.1, 0.15) is 34.3 Å². The van der Waals surface area contributed by atoms with Gasteiger partial charge in [-0.05, 0) is 55.9 Å². The SMILES string of the molecule is Cc1cc(C)cc(Nc2nc(NCC(N)C3CC3)ncc2C(N)=O)c1. The molecule has 1 aliphatic rings. The largest absolute Gasteiger partial charge is 0.365 e. The second-order valence-electron chi connectivity index (χ2n) is 6.70. The van der Waals surface area contributed by atoms with Crippen molar-refractivity contribution >= 4 is 23.4 Å². The summed E-state index contributed by atoms with van der Waals surface area (Å²) < 4.78 is 0. The summed E-state index contributed by atoms with van der Waals surface area (Å²) in [6, 6.07) is 6.13. The first-order valence-electron chi connectivity index (χ1n) is 8.44. The Morgan fingerprint density at radius 3 is 2.56 bits per heavy atom. The van der Waals surface area contributed by atoms with E-state index >= 15 is 0 Å². The van der Waals surface area contributed by atoms with Gasteiger partial charge in [0.05, 0.1) is 0 Å². The molecule has 1 aliphatic carbocycles. The molecular weight excluding hydrogens is 316 g/mol. The number of nitrogens with one attached hydrogen (secondary N) is 2. The minimum Gasteiger partial charge on any atom is -0.365 e. The fraction of sp³-hybridized carbons (Fsp3) is 0.389. The van der Waals surface area contributed by atoms with Crippen LogP contribution in [0.15, 0.2) is 24.4 Å². The van der Waals surface area contributed by atoms with Crippen LogP contribution in [0.25, 0.3) is 0 Å². The smallest absolute Gasteiger partial charge is 0.254 e. The van der Waals surface area contributed by atoms with Crippen molar-refractivity contribution in [2.45, 2.75) is 32.7 Å². The Morgan fingerprint density at radius 2 is 1.96 bits per heavy atom. The van der Waals surface area contributed by atoms with E-state index in [2.05, 4.69) is 26.7 Å². The lowest BCUT2D eigenvalue weighted by Gasteiger charge is -2.14. The van der Waals surface area contributed by atoms with Crippen molar-refractivity contribution in [3.63, 3.8) is 0 Å². The van der Waals surface area contributed by atoms with E-state index in [-0.39, 0.29) is 11.6 Å². The third-order valence-corrected chi connectivity index (χ3v) is 4.26. The minimum atomic E-state index is -0.576. The van der Waals surface area contributed by atoms with Crippen molar-refractivity contribution in [2.75, 3.05) is 17.2 Å². The van der Waals surface area contributed by atoms with Crippen LogP contribution in [0, 0.1) is 19.8 Å². The van der Waals surface area contributed by atoms with Gasteiger partial charge in [-0.15, -0.1) is 0 Å². The molecule has 1 heterocycles. The quantitative estimate of drug-likeness (QED) is 0.613. The molecule has 2 aromatic rings. The highest BCUT2D eigenvalue weighted by molar-refractivity contribution is 5.98. The van der Waals surface area contributed by atoms with Crippen LogP contribution < -0.4 is 22.1 Å². The summed E-state index contributed by atoms with van der Waals surface area (Å²) in [4.78, 5) is 20.3. The topological polar surface area (TPSA) is 119 Å². The Labute approximate surface area is 147 Å². The molecule has 6 N–H and O–H groups in total. The number of carbonyl (C=O) groups is 1. The molecule has 1 fully saturated rings. The summed E-state index contributed by atoms with van der Waals surface area (Å²) in [5, 5.41) is 6.32. The Bertz CT molecular complexity index is 767. The molecule has 25 heavy (non-hydrogen) atoms. The maximum Gasteiger partial charge on any atom is 0.254 e. The average Bonchev–Trinajstić information content (AvgIpc) is 3.36. The van der Waals surface area contributed by atoms with E-state index < -0.39 is 5.91 Å². The highest BCUT2D eigenvalue weighted by Gasteiger charge is 2.28. The van der Waals surface area contributed by atoms with E-state index in [1.807, 2.05) is 26.0 Å². The number of aryl methyl sites for hydroxylation is 2. The molecule has 132 valence electrons. The number of hydrogen-bond donors (Lipinski definition) is 4. The van der Waals surface area contributed by atoms with Crippen LogP contribution in [0.2, 0.25) is 0 Å². The number of aromatic nitrogens is 2. The predicted molar refractivity (Wildman–Crippen MR) is 98.9 cm³/mol. The van der Waals surface area contributed by atoms with Gasteiger partial charge in [-0.2, -0.15) is 4.98 Å². The summed E-state index contributed by atoms with van der Waals surface area (Å²) in [5.74, 6) is 0.821. The van der Waals surface area contributed by atoms with E-state index in [4.69, 9.17) is 11.5 Å². The van der Waals surface area contributed by atoms with Crippen molar-refractivity contribution in [3.05, 3.63) is 41.1 Å². The molecule has 0 saturated heterocycles. The Hall–Kier alpha value is -2.67. The number of benzene rings is 1. The van der Waals surface area contributed by atoms with Gasteiger partial charge in [0.2, 0.25) is 5.95 Å². The molecule has 1 aromatic carbocycles.